The molecular formula is C11H21NO3. The number of hydrogen-bond acceptors (Lipinski definition) is 3. The Kier molecular flexibility index (Phi) is 6.13. The topological polar surface area (TPSA) is 60.2 Å². The van der Waals surface area contributed by atoms with Crippen molar-refractivity contribution in [3.8, 4) is 0 Å². The van der Waals surface area contributed by atoms with Crippen LogP contribution in [0.4, 0.5) is 0 Å². The van der Waals surface area contributed by atoms with E-state index in [9.17, 15) is 14.9 Å². The van der Waals surface area contributed by atoms with Crippen molar-refractivity contribution < 1.29 is 9.72 Å². The minimum Gasteiger partial charge on any atom is -0.299 e. The zero-order chi connectivity index (χ0) is 12.0. The van der Waals surface area contributed by atoms with Gasteiger partial charge in [0.25, 0.3) is 0 Å². The first-order valence-corrected chi connectivity index (χ1v) is 5.61. The van der Waals surface area contributed by atoms with Crippen molar-refractivity contribution in [2.75, 3.05) is 0 Å². The first kappa shape index (κ1) is 14.1. The molecule has 15 heavy (non-hydrogen) atoms. The van der Waals surface area contributed by atoms with Gasteiger partial charge in [-0.15, -0.1) is 0 Å². The first-order chi connectivity index (χ1) is 6.95. The van der Waals surface area contributed by atoms with E-state index in [0.29, 0.717) is 12.8 Å². The van der Waals surface area contributed by atoms with Crippen LogP contribution < -0.4 is 0 Å². The summed E-state index contributed by atoms with van der Waals surface area (Å²) in [5.74, 6) is -0.471. The van der Waals surface area contributed by atoms with Crippen molar-refractivity contribution >= 4 is 5.78 Å². The summed E-state index contributed by atoms with van der Waals surface area (Å²) in [4.78, 5) is 22.3. The molecule has 0 aromatic heterocycles. The van der Waals surface area contributed by atoms with Crippen molar-refractivity contribution in [3.05, 3.63) is 10.1 Å². The Labute approximate surface area is 91.2 Å². The number of rotatable bonds is 7. The molecule has 2 unspecified atom stereocenters. The number of nitro groups is 1. The number of carbonyl (C=O) groups excluding carboxylic acids is 1. The molecule has 88 valence electrons. The van der Waals surface area contributed by atoms with Crippen molar-refractivity contribution in [1.82, 2.24) is 0 Å². The molecule has 0 heterocycles. The molecule has 0 saturated heterocycles. The number of Topliss-reactive ketones (excluding diaryl/α,β-unsaturated/α-hetero) is 1. The predicted octanol–water partition coefficient (Wildman–Crippen LogP) is 2.68. The summed E-state index contributed by atoms with van der Waals surface area (Å²) in [6.07, 6.45) is 1.77. The quantitative estimate of drug-likeness (QED) is 0.484. The Hall–Kier alpha value is -0.930. The average molecular weight is 215 g/mol. The number of nitrogens with zero attached hydrogens (tertiary/aromatic N) is 1. The summed E-state index contributed by atoms with van der Waals surface area (Å²) in [6, 6.07) is -0.728. The van der Waals surface area contributed by atoms with Crippen LogP contribution in [0.2, 0.25) is 0 Å². The second kappa shape index (κ2) is 6.53. The van der Waals surface area contributed by atoms with Crippen molar-refractivity contribution in [1.29, 1.82) is 0 Å². The van der Waals surface area contributed by atoms with Crippen molar-refractivity contribution in [2.24, 2.45) is 11.8 Å². The third-order valence-electron chi connectivity index (χ3n) is 2.69. The highest BCUT2D eigenvalue weighted by atomic mass is 16.6. The Morgan fingerprint density at radius 1 is 1.33 bits per heavy atom. The second-order valence-electron chi connectivity index (χ2n) is 4.25. The fraction of sp³-hybridized carbons (Fsp3) is 0.909. The molecule has 0 aliphatic rings. The van der Waals surface area contributed by atoms with Crippen LogP contribution in [0, 0.1) is 22.0 Å². The van der Waals surface area contributed by atoms with Crippen LogP contribution in [0.3, 0.4) is 0 Å². The summed E-state index contributed by atoms with van der Waals surface area (Å²) in [7, 11) is 0. The van der Waals surface area contributed by atoms with Gasteiger partial charge in [-0.3, -0.25) is 14.9 Å². The lowest BCUT2D eigenvalue weighted by molar-refractivity contribution is -0.537. The summed E-state index contributed by atoms with van der Waals surface area (Å²) >= 11 is 0. The monoisotopic (exact) mass is 215 g/mol. The molecule has 0 aromatic carbocycles. The fourth-order valence-electron chi connectivity index (χ4n) is 1.95. The predicted molar refractivity (Wildman–Crippen MR) is 59.3 cm³/mol. The molecule has 0 saturated carbocycles. The highest BCUT2D eigenvalue weighted by Crippen LogP contribution is 2.22. The van der Waals surface area contributed by atoms with E-state index in [4.69, 9.17) is 0 Å². The molecule has 0 fully saturated rings. The summed E-state index contributed by atoms with van der Waals surface area (Å²) in [5, 5.41) is 10.9. The molecule has 0 aromatic rings. The average Bonchev–Trinajstić information content (AvgIpc) is 2.12. The van der Waals surface area contributed by atoms with E-state index >= 15 is 0 Å². The SMILES string of the molecule is CCCC(=O)C(CC)C(C(C)C)[N+](=O)[O-]. The molecule has 0 aliphatic carbocycles. The van der Waals surface area contributed by atoms with E-state index in [1.807, 2.05) is 13.8 Å². The van der Waals surface area contributed by atoms with Gasteiger partial charge in [-0.05, 0) is 12.8 Å². The minimum atomic E-state index is -0.728. The van der Waals surface area contributed by atoms with Gasteiger partial charge < -0.3 is 0 Å². The van der Waals surface area contributed by atoms with Crippen LogP contribution in [0.15, 0.2) is 0 Å². The lowest BCUT2D eigenvalue weighted by Crippen LogP contribution is -2.38. The van der Waals surface area contributed by atoms with Gasteiger partial charge in [0.1, 0.15) is 5.78 Å². The number of hydrogen-bond donors (Lipinski definition) is 0. The van der Waals surface area contributed by atoms with Gasteiger partial charge in [-0.2, -0.15) is 0 Å². The third-order valence-corrected chi connectivity index (χ3v) is 2.69. The molecule has 0 amide bonds. The lowest BCUT2D eigenvalue weighted by Gasteiger charge is -2.21. The van der Waals surface area contributed by atoms with Crippen molar-refractivity contribution in [3.63, 3.8) is 0 Å². The van der Waals surface area contributed by atoms with Gasteiger partial charge in [0, 0.05) is 17.3 Å². The van der Waals surface area contributed by atoms with Gasteiger partial charge in [-0.1, -0.05) is 27.7 Å². The first-order valence-electron chi connectivity index (χ1n) is 5.61. The molecule has 2 atom stereocenters. The Morgan fingerprint density at radius 2 is 1.87 bits per heavy atom. The molecule has 4 heteroatoms. The summed E-state index contributed by atoms with van der Waals surface area (Å²) < 4.78 is 0. The van der Waals surface area contributed by atoms with E-state index in [1.165, 1.54) is 0 Å². The lowest BCUT2D eigenvalue weighted by atomic mass is 9.84. The zero-order valence-electron chi connectivity index (χ0n) is 10.0. The van der Waals surface area contributed by atoms with Gasteiger partial charge in [0.15, 0.2) is 0 Å². The number of ketones is 1. The van der Waals surface area contributed by atoms with Crippen LogP contribution in [0.25, 0.3) is 0 Å². The molecular weight excluding hydrogens is 194 g/mol. The Balaban J connectivity index is 4.74. The normalized spacial score (nSPS) is 15.0. The fourth-order valence-corrected chi connectivity index (χ4v) is 1.95. The molecule has 0 radical (unpaired) electrons. The third kappa shape index (κ3) is 3.98. The van der Waals surface area contributed by atoms with Crippen LogP contribution >= 0.6 is 0 Å². The van der Waals surface area contributed by atoms with Gasteiger partial charge in [0.2, 0.25) is 6.04 Å². The minimum absolute atomic E-state index is 0.0374. The van der Waals surface area contributed by atoms with E-state index in [-0.39, 0.29) is 16.6 Å². The van der Waals surface area contributed by atoms with E-state index in [1.54, 1.807) is 13.8 Å². The molecule has 0 N–H and O–H groups in total. The van der Waals surface area contributed by atoms with Crippen LogP contribution in [0.5, 0.6) is 0 Å². The molecule has 4 nitrogen and oxygen atoms in total. The Bertz CT molecular complexity index is 226. The Morgan fingerprint density at radius 3 is 2.13 bits per heavy atom. The smallest absolute Gasteiger partial charge is 0.225 e. The van der Waals surface area contributed by atoms with Crippen LogP contribution in [0.1, 0.15) is 47.0 Å². The van der Waals surface area contributed by atoms with Crippen LogP contribution in [-0.2, 0) is 4.79 Å². The second-order valence-corrected chi connectivity index (χ2v) is 4.25. The summed E-state index contributed by atoms with van der Waals surface area (Å²) in [5.41, 5.74) is 0. The zero-order valence-corrected chi connectivity index (χ0v) is 10.0. The van der Waals surface area contributed by atoms with Crippen molar-refractivity contribution in [2.45, 2.75) is 53.0 Å². The van der Waals surface area contributed by atoms with Gasteiger partial charge in [0.05, 0.1) is 5.92 Å². The van der Waals surface area contributed by atoms with E-state index < -0.39 is 12.0 Å². The van der Waals surface area contributed by atoms with Gasteiger partial charge in [-0.25, -0.2) is 0 Å². The van der Waals surface area contributed by atoms with E-state index in [0.717, 1.165) is 6.42 Å². The van der Waals surface area contributed by atoms with Gasteiger partial charge >= 0.3 is 0 Å². The standard InChI is InChI=1S/C11H21NO3/c1-5-7-10(13)9(6-2)11(8(3)4)12(14)15/h8-9,11H,5-7H2,1-4H3. The maximum absolute atomic E-state index is 11.7. The molecule has 0 aliphatic heterocycles. The molecule has 0 spiro atoms. The maximum Gasteiger partial charge on any atom is 0.225 e. The maximum atomic E-state index is 11.7. The highest BCUT2D eigenvalue weighted by molar-refractivity contribution is 5.81. The van der Waals surface area contributed by atoms with Crippen LogP contribution in [-0.4, -0.2) is 16.7 Å². The van der Waals surface area contributed by atoms with E-state index in [2.05, 4.69) is 0 Å². The highest BCUT2D eigenvalue weighted by Gasteiger charge is 2.37. The number of carbonyl (C=O) groups is 1. The molecule has 0 rings (SSSR count). The molecule has 0 bridgehead atoms. The largest absolute Gasteiger partial charge is 0.299 e. The summed E-state index contributed by atoms with van der Waals surface area (Å²) in [6.45, 7) is 7.36.